The summed E-state index contributed by atoms with van der Waals surface area (Å²) in [6, 6.07) is 5.91. The smallest absolute Gasteiger partial charge is 0.320 e. The highest BCUT2D eigenvalue weighted by atomic mass is 16.3. The number of amides is 2. The molecule has 0 aliphatic carbocycles. The summed E-state index contributed by atoms with van der Waals surface area (Å²) >= 11 is 0. The molecule has 0 radical (unpaired) electrons. The lowest BCUT2D eigenvalue weighted by Crippen LogP contribution is -2.56. The molecule has 1 aromatic rings. The van der Waals surface area contributed by atoms with Crippen LogP contribution in [0.15, 0.2) is 18.2 Å². The summed E-state index contributed by atoms with van der Waals surface area (Å²) in [4.78, 5) is 13.7. The molecule has 2 N–H and O–H groups in total. The third-order valence-corrected chi connectivity index (χ3v) is 4.82. The normalized spacial score (nSPS) is 29.7. The number of hydrogen-bond donors (Lipinski definition) is 2. The number of carbonyl (C=O) groups is 1. The molecule has 20 heavy (non-hydrogen) atoms. The zero-order valence-corrected chi connectivity index (χ0v) is 12.9. The Morgan fingerprint density at radius 1 is 1.25 bits per heavy atom. The van der Waals surface area contributed by atoms with E-state index in [1.165, 1.54) is 16.0 Å². The van der Waals surface area contributed by atoms with E-state index in [0.717, 1.165) is 5.56 Å². The number of nitrogens with one attached hydrogen (secondary N) is 1. The molecular weight excluding hydrogens is 252 g/mol. The summed E-state index contributed by atoms with van der Waals surface area (Å²) in [5.41, 5.74) is 1.63. The van der Waals surface area contributed by atoms with Crippen molar-refractivity contribution in [3.63, 3.8) is 0 Å². The van der Waals surface area contributed by atoms with Gasteiger partial charge in [0.1, 0.15) is 0 Å². The van der Waals surface area contributed by atoms with Gasteiger partial charge < -0.3 is 10.4 Å². The molecule has 1 aliphatic rings. The van der Waals surface area contributed by atoms with Crippen molar-refractivity contribution < 1.29 is 9.90 Å². The van der Waals surface area contributed by atoms with Crippen LogP contribution in [0.4, 0.5) is 4.79 Å². The number of nitrogens with zero attached hydrogens (tertiary/aromatic N) is 1. The highest BCUT2D eigenvalue weighted by Gasteiger charge is 2.55. The van der Waals surface area contributed by atoms with Crippen LogP contribution in [-0.4, -0.2) is 27.3 Å². The molecule has 0 bridgehead atoms. The molecule has 2 rings (SSSR count). The summed E-state index contributed by atoms with van der Waals surface area (Å²) < 4.78 is 0. The molecule has 2 atom stereocenters. The summed E-state index contributed by atoms with van der Waals surface area (Å²) in [5.74, 6) is 0. The molecule has 4 heteroatoms. The zero-order valence-electron chi connectivity index (χ0n) is 12.9. The molecule has 1 heterocycles. The van der Waals surface area contributed by atoms with E-state index in [-0.39, 0.29) is 6.03 Å². The van der Waals surface area contributed by atoms with Crippen LogP contribution in [-0.2, 0) is 6.54 Å². The lowest BCUT2D eigenvalue weighted by molar-refractivity contribution is -0.0978. The van der Waals surface area contributed by atoms with Crippen LogP contribution in [0.25, 0.3) is 0 Å². The van der Waals surface area contributed by atoms with Crippen molar-refractivity contribution >= 4 is 6.03 Å². The summed E-state index contributed by atoms with van der Waals surface area (Å²) in [7, 11) is 0. The van der Waals surface area contributed by atoms with Gasteiger partial charge in [0.25, 0.3) is 0 Å². The van der Waals surface area contributed by atoms with Crippen molar-refractivity contribution in [2.24, 2.45) is 0 Å². The number of aliphatic hydroxyl groups is 1. The highest BCUT2D eigenvalue weighted by molar-refractivity contribution is 5.79. The summed E-state index contributed by atoms with van der Waals surface area (Å²) in [6.45, 7) is 10.1. The Balaban J connectivity index is 2.29. The molecule has 0 spiro atoms. The largest absolute Gasteiger partial charge is 0.369 e. The molecule has 1 fully saturated rings. The average Bonchev–Trinajstić information content (AvgIpc) is 2.54. The van der Waals surface area contributed by atoms with Gasteiger partial charge in [0.15, 0.2) is 5.72 Å². The molecule has 0 saturated carbocycles. The molecule has 1 saturated heterocycles. The van der Waals surface area contributed by atoms with Gasteiger partial charge in [0.05, 0.1) is 12.1 Å². The number of aryl methyl sites for hydroxylation is 2. The van der Waals surface area contributed by atoms with E-state index in [0.29, 0.717) is 13.0 Å². The van der Waals surface area contributed by atoms with Crippen molar-refractivity contribution in [1.29, 1.82) is 0 Å². The van der Waals surface area contributed by atoms with E-state index in [1.54, 1.807) is 6.92 Å². The Labute approximate surface area is 120 Å². The number of carbonyl (C=O) groups excluding carboxylic acids is 1. The van der Waals surface area contributed by atoms with E-state index in [4.69, 9.17) is 0 Å². The van der Waals surface area contributed by atoms with Gasteiger partial charge in [-0.1, -0.05) is 25.1 Å². The number of urea groups is 1. The van der Waals surface area contributed by atoms with Gasteiger partial charge in [-0.05, 0) is 50.8 Å². The maximum atomic E-state index is 12.2. The highest BCUT2D eigenvalue weighted by Crippen LogP contribution is 2.35. The Bertz CT molecular complexity index is 539. The first-order chi connectivity index (χ1) is 9.21. The van der Waals surface area contributed by atoms with Crippen LogP contribution < -0.4 is 5.32 Å². The number of hydrogen-bond acceptors (Lipinski definition) is 2. The quantitative estimate of drug-likeness (QED) is 0.892. The van der Waals surface area contributed by atoms with Crippen LogP contribution >= 0.6 is 0 Å². The molecule has 1 aromatic carbocycles. The Morgan fingerprint density at radius 3 is 2.40 bits per heavy atom. The minimum atomic E-state index is -1.20. The van der Waals surface area contributed by atoms with Crippen LogP contribution in [0.3, 0.4) is 0 Å². The topological polar surface area (TPSA) is 52.6 Å². The minimum absolute atomic E-state index is 0.211. The maximum absolute atomic E-state index is 12.2. The van der Waals surface area contributed by atoms with Crippen molar-refractivity contribution in [2.45, 2.75) is 58.8 Å². The summed E-state index contributed by atoms with van der Waals surface area (Å²) in [5, 5.41) is 13.7. The second-order valence-electron chi connectivity index (χ2n) is 6.14. The molecule has 0 aromatic heterocycles. The fraction of sp³-hybridized carbons (Fsp3) is 0.562. The van der Waals surface area contributed by atoms with Gasteiger partial charge in [0.2, 0.25) is 0 Å². The van der Waals surface area contributed by atoms with Gasteiger partial charge in [-0.25, -0.2) is 4.79 Å². The first-order valence-electron chi connectivity index (χ1n) is 7.09. The van der Waals surface area contributed by atoms with Crippen molar-refractivity contribution in [2.75, 3.05) is 0 Å². The summed E-state index contributed by atoms with van der Waals surface area (Å²) in [6.07, 6.45) is 0.676. The Hall–Kier alpha value is -1.55. The van der Waals surface area contributed by atoms with Crippen LogP contribution in [0.1, 0.15) is 43.9 Å². The molecule has 2 amide bonds. The third-order valence-electron chi connectivity index (χ3n) is 4.82. The Morgan fingerprint density at radius 2 is 1.90 bits per heavy atom. The second-order valence-corrected chi connectivity index (χ2v) is 6.14. The number of benzene rings is 1. The van der Waals surface area contributed by atoms with Crippen molar-refractivity contribution in [3.8, 4) is 0 Å². The minimum Gasteiger partial charge on any atom is -0.369 e. The molecule has 1 aliphatic heterocycles. The van der Waals surface area contributed by atoms with Crippen LogP contribution in [0.2, 0.25) is 0 Å². The predicted octanol–water partition coefficient (Wildman–Crippen LogP) is 2.71. The zero-order chi connectivity index (χ0) is 15.1. The fourth-order valence-electron chi connectivity index (χ4n) is 2.65. The van der Waals surface area contributed by atoms with Gasteiger partial charge in [0, 0.05) is 0 Å². The third kappa shape index (κ3) is 2.18. The predicted molar refractivity (Wildman–Crippen MR) is 79.3 cm³/mol. The SMILES string of the molecule is CCC1(C)NC(=O)N(Cc2ccc(C)c(C)c2)C1(C)O. The first kappa shape index (κ1) is 14.9. The molecule has 4 nitrogen and oxygen atoms in total. The fourth-order valence-corrected chi connectivity index (χ4v) is 2.65. The second kappa shape index (κ2) is 4.77. The standard InChI is InChI=1S/C16H24N2O2/c1-6-15(4)16(5,20)18(14(19)17-15)10-13-8-7-11(2)12(3)9-13/h7-9,20H,6,10H2,1-5H3,(H,17,19). The van der Waals surface area contributed by atoms with Gasteiger partial charge in [-0.3, -0.25) is 4.90 Å². The van der Waals surface area contributed by atoms with Gasteiger partial charge in [-0.15, -0.1) is 0 Å². The average molecular weight is 276 g/mol. The monoisotopic (exact) mass is 276 g/mol. The van der Waals surface area contributed by atoms with Crippen molar-refractivity contribution in [3.05, 3.63) is 34.9 Å². The van der Waals surface area contributed by atoms with E-state index >= 15 is 0 Å². The maximum Gasteiger partial charge on any atom is 0.320 e. The van der Waals surface area contributed by atoms with Crippen LogP contribution in [0, 0.1) is 13.8 Å². The van der Waals surface area contributed by atoms with E-state index in [9.17, 15) is 9.90 Å². The lowest BCUT2D eigenvalue weighted by Gasteiger charge is -2.39. The van der Waals surface area contributed by atoms with Gasteiger partial charge >= 0.3 is 6.03 Å². The van der Waals surface area contributed by atoms with Crippen LogP contribution in [0.5, 0.6) is 0 Å². The van der Waals surface area contributed by atoms with Gasteiger partial charge in [-0.2, -0.15) is 0 Å². The number of rotatable bonds is 3. The van der Waals surface area contributed by atoms with Crippen molar-refractivity contribution in [1.82, 2.24) is 10.2 Å². The van der Waals surface area contributed by atoms with E-state index in [1.807, 2.05) is 26.0 Å². The first-order valence-corrected chi connectivity index (χ1v) is 7.09. The molecule has 110 valence electrons. The van der Waals surface area contributed by atoms with E-state index in [2.05, 4.69) is 25.2 Å². The molecule has 2 unspecified atom stereocenters. The molecular formula is C16H24N2O2. The lowest BCUT2D eigenvalue weighted by atomic mass is 9.88. The Kier molecular flexibility index (Phi) is 3.54. The van der Waals surface area contributed by atoms with E-state index < -0.39 is 11.3 Å².